The maximum Gasteiger partial charge on any atom is 0.143 e. The van der Waals surface area contributed by atoms with Gasteiger partial charge in [-0.25, -0.2) is 9.97 Å². The van der Waals surface area contributed by atoms with Crippen LogP contribution in [0.5, 0.6) is 0 Å². The molecule has 0 bridgehead atoms. The molecule has 0 aromatic carbocycles. The van der Waals surface area contributed by atoms with Crippen LogP contribution in [0.1, 0.15) is 5.01 Å². The molecular weight excluding hydrogens is 194 g/mol. The van der Waals surface area contributed by atoms with Gasteiger partial charge in [-0.2, -0.15) is 0 Å². The minimum Gasteiger partial charge on any atom is -0.300 e. The molecular formula is C10H9N3S. The van der Waals surface area contributed by atoms with E-state index in [4.69, 9.17) is 6.42 Å². The van der Waals surface area contributed by atoms with Crippen molar-refractivity contribution < 1.29 is 0 Å². The number of thiazole rings is 1. The normalized spacial score (nSPS) is 10.2. The molecule has 0 aliphatic heterocycles. The van der Waals surface area contributed by atoms with Crippen LogP contribution in [0.25, 0.3) is 10.3 Å². The van der Waals surface area contributed by atoms with Crippen molar-refractivity contribution in [2.24, 2.45) is 0 Å². The Morgan fingerprint density at radius 3 is 3.29 bits per heavy atom. The van der Waals surface area contributed by atoms with Crippen molar-refractivity contribution in [3.05, 3.63) is 23.3 Å². The molecule has 14 heavy (non-hydrogen) atoms. The van der Waals surface area contributed by atoms with Crippen molar-refractivity contribution in [1.82, 2.24) is 15.3 Å². The Bertz CT molecular complexity index is 436. The second-order valence-electron chi connectivity index (χ2n) is 2.74. The van der Waals surface area contributed by atoms with Crippen LogP contribution >= 0.6 is 11.3 Å². The Labute approximate surface area is 86.2 Å². The molecule has 0 unspecified atom stereocenters. The predicted molar refractivity (Wildman–Crippen MR) is 58.0 cm³/mol. The van der Waals surface area contributed by atoms with Gasteiger partial charge in [0, 0.05) is 12.7 Å². The number of hydrogen-bond acceptors (Lipinski definition) is 4. The average Bonchev–Trinajstić information content (AvgIpc) is 2.60. The third-order valence-electron chi connectivity index (χ3n) is 1.71. The van der Waals surface area contributed by atoms with E-state index in [9.17, 15) is 0 Å². The zero-order valence-corrected chi connectivity index (χ0v) is 8.34. The molecule has 0 spiro atoms. The van der Waals surface area contributed by atoms with Gasteiger partial charge in [0.2, 0.25) is 0 Å². The van der Waals surface area contributed by atoms with Crippen molar-refractivity contribution in [2.75, 3.05) is 6.54 Å². The second kappa shape index (κ2) is 4.18. The summed E-state index contributed by atoms with van der Waals surface area (Å²) < 4.78 is 0. The van der Waals surface area contributed by atoms with E-state index in [1.165, 1.54) is 0 Å². The lowest BCUT2D eigenvalue weighted by Crippen LogP contribution is -2.12. The SMILES string of the molecule is C#CCNCc1nc2cccnc2s1. The van der Waals surface area contributed by atoms with E-state index in [1.54, 1.807) is 17.5 Å². The smallest absolute Gasteiger partial charge is 0.143 e. The van der Waals surface area contributed by atoms with Gasteiger partial charge in [-0.3, -0.25) is 5.32 Å². The first-order chi connectivity index (χ1) is 6.90. The highest BCUT2D eigenvalue weighted by molar-refractivity contribution is 7.18. The van der Waals surface area contributed by atoms with Crippen LogP contribution in [0.3, 0.4) is 0 Å². The van der Waals surface area contributed by atoms with Gasteiger partial charge in [0.25, 0.3) is 0 Å². The molecule has 2 heterocycles. The fourth-order valence-electron chi connectivity index (χ4n) is 1.13. The van der Waals surface area contributed by atoms with Crippen molar-refractivity contribution in [1.29, 1.82) is 0 Å². The summed E-state index contributed by atoms with van der Waals surface area (Å²) in [6.45, 7) is 1.29. The van der Waals surface area contributed by atoms with E-state index in [0.717, 1.165) is 15.4 Å². The number of nitrogens with one attached hydrogen (secondary N) is 1. The van der Waals surface area contributed by atoms with E-state index in [2.05, 4.69) is 21.2 Å². The van der Waals surface area contributed by atoms with Crippen LogP contribution < -0.4 is 5.32 Å². The number of nitrogens with zero attached hydrogens (tertiary/aromatic N) is 2. The van der Waals surface area contributed by atoms with E-state index >= 15 is 0 Å². The van der Waals surface area contributed by atoms with Crippen molar-refractivity contribution in [2.45, 2.75) is 6.54 Å². The molecule has 0 fully saturated rings. The summed E-state index contributed by atoms with van der Waals surface area (Å²) in [5.41, 5.74) is 0.954. The zero-order chi connectivity index (χ0) is 9.80. The molecule has 0 saturated heterocycles. The first kappa shape index (κ1) is 9.13. The standard InChI is InChI=1S/C10H9N3S/c1-2-5-11-7-9-13-8-4-3-6-12-10(8)14-9/h1,3-4,6,11H,5,7H2. The van der Waals surface area contributed by atoms with Crippen LogP contribution in [0, 0.1) is 12.3 Å². The highest BCUT2D eigenvalue weighted by atomic mass is 32.1. The van der Waals surface area contributed by atoms with Crippen LogP contribution in [-0.2, 0) is 6.54 Å². The molecule has 0 aliphatic carbocycles. The number of aromatic nitrogens is 2. The van der Waals surface area contributed by atoms with Crippen LogP contribution in [-0.4, -0.2) is 16.5 Å². The molecule has 4 heteroatoms. The number of hydrogen-bond donors (Lipinski definition) is 1. The maximum absolute atomic E-state index is 5.13. The summed E-state index contributed by atoms with van der Waals surface area (Å²) >= 11 is 1.59. The lowest BCUT2D eigenvalue weighted by molar-refractivity contribution is 0.766. The summed E-state index contributed by atoms with van der Waals surface area (Å²) in [4.78, 5) is 9.60. The van der Waals surface area contributed by atoms with E-state index in [1.807, 2.05) is 12.1 Å². The quantitative estimate of drug-likeness (QED) is 0.605. The number of pyridine rings is 1. The molecule has 2 aromatic heterocycles. The number of rotatable bonds is 3. The highest BCUT2D eigenvalue weighted by Gasteiger charge is 2.02. The summed E-state index contributed by atoms with van der Waals surface area (Å²) in [5.74, 6) is 2.52. The molecule has 2 aromatic rings. The Kier molecular flexibility index (Phi) is 2.73. The zero-order valence-electron chi connectivity index (χ0n) is 7.53. The van der Waals surface area contributed by atoms with Gasteiger partial charge in [0.1, 0.15) is 15.4 Å². The summed E-state index contributed by atoms with van der Waals surface area (Å²) in [5, 5.41) is 4.12. The maximum atomic E-state index is 5.13. The van der Waals surface area contributed by atoms with Gasteiger partial charge in [0.05, 0.1) is 6.54 Å². The van der Waals surface area contributed by atoms with Gasteiger partial charge >= 0.3 is 0 Å². The summed E-state index contributed by atoms with van der Waals surface area (Å²) in [7, 11) is 0. The number of fused-ring (bicyclic) bond motifs is 1. The third kappa shape index (κ3) is 1.90. The predicted octanol–water partition coefficient (Wildman–Crippen LogP) is 1.41. The average molecular weight is 203 g/mol. The van der Waals surface area contributed by atoms with Gasteiger partial charge in [0.15, 0.2) is 0 Å². The van der Waals surface area contributed by atoms with Crippen molar-refractivity contribution in [3.63, 3.8) is 0 Å². The Morgan fingerprint density at radius 1 is 1.57 bits per heavy atom. The van der Waals surface area contributed by atoms with E-state index in [-0.39, 0.29) is 0 Å². The molecule has 0 radical (unpaired) electrons. The van der Waals surface area contributed by atoms with Gasteiger partial charge < -0.3 is 0 Å². The Balaban J connectivity index is 2.15. The first-order valence-electron chi connectivity index (χ1n) is 4.25. The summed E-state index contributed by atoms with van der Waals surface area (Å²) in [6.07, 6.45) is 6.90. The van der Waals surface area contributed by atoms with Gasteiger partial charge in [-0.1, -0.05) is 17.3 Å². The second-order valence-corrected chi connectivity index (χ2v) is 3.81. The molecule has 0 atom stereocenters. The van der Waals surface area contributed by atoms with E-state index in [0.29, 0.717) is 13.1 Å². The fourth-order valence-corrected chi connectivity index (χ4v) is 2.01. The largest absolute Gasteiger partial charge is 0.300 e. The topological polar surface area (TPSA) is 37.8 Å². The molecule has 70 valence electrons. The first-order valence-corrected chi connectivity index (χ1v) is 5.06. The number of terminal acetylenes is 1. The molecule has 2 rings (SSSR count). The van der Waals surface area contributed by atoms with Crippen LogP contribution in [0.2, 0.25) is 0 Å². The van der Waals surface area contributed by atoms with Crippen molar-refractivity contribution >= 4 is 21.7 Å². The molecule has 0 amide bonds. The van der Waals surface area contributed by atoms with E-state index < -0.39 is 0 Å². The Morgan fingerprint density at radius 2 is 2.50 bits per heavy atom. The lowest BCUT2D eigenvalue weighted by atomic mass is 10.4. The lowest BCUT2D eigenvalue weighted by Gasteiger charge is -1.93. The molecule has 0 aliphatic rings. The fraction of sp³-hybridized carbons (Fsp3) is 0.200. The molecule has 1 N–H and O–H groups in total. The monoisotopic (exact) mass is 203 g/mol. The molecule has 0 saturated carbocycles. The van der Waals surface area contributed by atoms with Gasteiger partial charge in [-0.15, -0.1) is 6.42 Å². The minimum absolute atomic E-state index is 0.573. The summed E-state index contributed by atoms with van der Waals surface area (Å²) in [6, 6.07) is 3.85. The third-order valence-corrected chi connectivity index (χ3v) is 2.69. The van der Waals surface area contributed by atoms with Gasteiger partial charge in [-0.05, 0) is 12.1 Å². The van der Waals surface area contributed by atoms with Crippen LogP contribution in [0.15, 0.2) is 18.3 Å². The minimum atomic E-state index is 0.573. The van der Waals surface area contributed by atoms with Crippen LogP contribution in [0.4, 0.5) is 0 Å². The van der Waals surface area contributed by atoms with Crippen molar-refractivity contribution in [3.8, 4) is 12.3 Å². The molecule has 3 nitrogen and oxygen atoms in total. The Hall–Kier alpha value is -1.44. The highest BCUT2D eigenvalue weighted by Crippen LogP contribution is 2.18.